The molecule has 3 rings (SSSR count). The molecule has 170 valence electrons. The van der Waals surface area contributed by atoms with E-state index in [0.717, 1.165) is 12.8 Å². The average molecular weight is 440 g/mol. The van der Waals surface area contributed by atoms with E-state index >= 15 is 0 Å². The number of nitrogens with two attached hydrogens (primary N) is 1. The number of hydrazone groups is 1. The van der Waals surface area contributed by atoms with Gasteiger partial charge in [0, 0.05) is 24.7 Å². The predicted octanol–water partition coefficient (Wildman–Crippen LogP) is 2.74. The van der Waals surface area contributed by atoms with E-state index < -0.39 is 5.60 Å². The first-order valence-corrected chi connectivity index (χ1v) is 10.4. The zero-order valence-corrected chi connectivity index (χ0v) is 19.1. The Balaban J connectivity index is 1.76. The number of methoxy groups -OCH3 is 1. The number of hydrogen-bond acceptors (Lipinski definition) is 8. The molecular formula is C22H29N7O3. The summed E-state index contributed by atoms with van der Waals surface area (Å²) < 4.78 is 12.5. The Morgan fingerprint density at radius 2 is 2.00 bits per heavy atom. The molecule has 0 aromatic carbocycles. The van der Waals surface area contributed by atoms with Gasteiger partial charge in [-0.15, -0.1) is 0 Å². The van der Waals surface area contributed by atoms with Crippen molar-refractivity contribution in [3.63, 3.8) is 0 Å². The molecule has 10 nitrogen and oxygen atoms in total. The number of hydrogen-bond donors (Lipinski definition) is 1. The average Bonchev–Trinajstić information content (AvgIpc) is 3.16. The lowest BCUT2D eigenvalue weighted by Crippen LogP contribution is -2.42. The van der Waals surface area contributed by atoms with Crippen LogP contribution in [0.2, 0.25) is 0 Å². The van der Waals surface area contributed by atoms with E-state index in [2.05, 4.69) is 16.2 Å². The van der Waals surface area contributed by atoms with E-state index in [-0.39, 0.29) is 12.1 Å². The molecule has 0 saturated carbocycles. The molecule has 3 heterocycles. The third-order valence-electron chi connectivity index (χ3n) is 5.13. The Morgan fingerprint density at radius 3 is 2.56 bits per heavy atom. The van der Waals surface area contributed by atoms with Crippen molar-refractivity contribution in [1.29, 1.82) is 5.26 Å². The normalized spacial score (nSPS) is 16.2. The first-order chi connectivity index (χ1) is 15.2. The maximum Gasteiger partial charge on any atom is 0.410 e. The second kappa shape index (κ2) is 9.26. The Labute approximate surface area is 187 Å². The van der Waals surface area contributed by atoms with Crippen molar-refractivity contribution < 1.29 is 14.3 Å². The standard InChI is InChI=1S/C22H29N7O3/c1-14(26-16-6-8-28(9-7-16)21(30)32-22(2,3)4)20(27-24)15-10-18-25-13-17(12-23)29(18)19(11-15)31-5/h10-11,13,16H,6-9,24H2,1-5H3/b26-14?,27-20+. The van der Waals surface area contributed by atoms with Crippen molar-refractivity contribution in [2.24, 2.45) is 15.9 Å². The number of imidazole rings is 1. The number of nitriles is 1. The fourth-order valence-corrected chi connectivity index (χ4v) is 3.66. The molecule has 0 aliphatic carbocycles. The Kier molecular flexibility index (Phi) is 6.67. The quantitative estimate of drug-likeness (QED) is 0.443. The van der Waals surface area contributed by atoms with Crippen LogP contribution < -0.4 is 10.6 Å². The summed E-state index contributed by atoms with van der Waals surface area (Å²) in [7, 11) is 1.53. The fourth-order valence-electron chi connectivity index (χ4n) is 3.66. The predicted molar refractivity (Wildman–Crippen MR) is 121 cm³/mol. The molecule has 0 atom stereocenters. The van der Waals surface area contributed by atoms with Crippen LogP contribution in [0.1, 0.15) is 51.8 Å². The summed E-state index contributed by atoms with van der Waals surface area (Å²) in [5, 5.41) is 13.2. The molecule has 32 heavy (non-hydrogen) atoms. The number of carbonyl (C=O) groups excluding carboxylic acids is 1. The van der Waals surface area contributed by atoms with Crippen LogP contribution in [0.15, 0.2) is 28.4 Å². The highest BCUT2D eigenvalue weighted by Gasteiger charge is 2.27. The number of pyridine rings is 1. The minimum Gasteiger partial charge on any atom is -0.482 e. The molecule has 0 unspecified atom stereocenters. The first-order valence-electron chi connectivity index (χ1n) is 10.4. The zero-order valence-electron chi connectivity index (χ0n) is 19.1. The molecule has 1 saturated heterocycles. The molecule has 0 spiro atoms. The number of rotatable bonds is 4. The highest BCUT2D eigenvalue weighted by Crippen LogP contribution is 2.22. The fraction of sp³-hybridized carbons (Fsp3) is 0.500. The molecular weight excluding hydrogens is 410 g/mol. The number of likely N-dealkylation sites (tertiary alicyclic amines) is 1. The van der Waals surface area contributed by atoms with Gasteiger partial charge in [0.2, 0.25) is 5.88 Å². The van der Waals surface area contributed by atoms with E-state index in [1.807, 2.05) is 27.7 Å². The molecule has 1 fully saturated rings. The van der Waals surface area contributed by atoms with Crippen LogP contribution in [0.25, 0.3) is 5.65 Å². The zero-order chi connectivity index (χ0) is 23.5. The summed E-state index contributed by atoms with van der Waals surface area (Å²) in [6, 6.07) is 5.69. The molecule has 1 aliphatic heterocycles. The smallest absolute Gasteiger partial charge is 0.410 e. The molecule has 2 aromatic rings. The van der Waals surface area contributed by atoms with Gasteiger partial charge in [-0.2, -0.15) is 10.4 Å². The van der Waals surface area contributed by atoms with E-state index in [1.54, 1.807) is 21.4 Å². The molecule has 0 bridgehead atoms. The SMILES string of the molecule is COc1cc(/C(=N/N)C(C)=NC2CCN(C(=O)OC(C)(C)C)CC2)cc2ncc(C#N)n12. The van der Waals surface area contributed by atoms with E-state index in [4.69, 9.17) is 20.3 Å². The summed E-state index contributed by atoms with van der Waals surface area (Å²) in [6.45, 7) is 8.59. The maximum atomic E-state index is 12.3. The Morgan fingerprint density at radius 1 is 1.31 bits per heavy atom. The number of ether oxygens (including phenoxy) is 2. The minimum atomic E-state index is -0.514. The summed E-state index contributed by atoms with van der Waals surface area (Å²) in [6.07, 6.45) is 2.64. The number of amides is 1. The second-order valence-electron chi connectivity index (χ2n) is 8.63. The van der Waals surface area contributed by atoms with Crippen molar-refractivity contribution in [3.8, 4) is 11.9 Å². The molecule has 1 amide bonds. The number of nitrogens with zero attached hydrogens (tertiary/aromatic N) is 6. The third-order valence-corrected chi connectivity index (χ3v) is 5.13. The van der Waals surface area contributed by atoms with Crippen LogP contribution in [0.5, 0.6) is 5.88 Å². The number of piperidine rings is 1. The lowest BCUT2D eigenvalue weighted by Gasteiger charge is -2.32. The van der Waals surface area contributed by atoms with Crippen LogP contribution in [0.3, 0.4) is 0 Å². The van der Waals surface area contributed by atoms with Gasteiger partial charge in [-0.3, -0.25) is 9.39 Å². The topological polar surface area (TPSA) is 131 Å². The van der Waals surface area contributed by atoms with Gasteiger partial charge < -0.3 is 20.2 Å². The van der Waals surface area contributed by atoms with Crippen LogP contribution in [0.4, 0.5) is 4.79 Å². The van der Waals surface area contributed by atoms with Gasteiger partial charge in [-0.25, -0.2) is 9.78 Å². The summed E-state index contributed by atoms with van der Waals surface area (Å²) in [5.74, 6) is 6.17. The minimum absolute atomic E-state index is 0.0488. The van der Waals surface area contributed by atoms with Crippen LogP contribution >= 0.6 is 0 Å². The molecule has 2 aromatic heterocycles. The largest absolute Gasteiger partial charge is 0.482 e. The van der Waals surface area contributed by atoms with Crippen LogP contribution in [-0.4, -0.2) is 63.6 Å². The second-order valence-corrected chi connectivity index (χ2v) is 8.63. The van der Waals surface area contributed by atoms with Crippen LogP contribution in [-0.2, 0) is 4.74 Å². The molecule has 1 aliphatic rings. The van der Waals surface area contributed by atoms with Gasteiger partial charge in [0.25, 0.3) is 0 Å². The number of aromatic nitrogens is 2. The number of fused-ring (bicyclic) bond motifs is 1. The molecule has 0 radical (unpaired) electrons. The van der Waals surface area contributed by atoms with Gasteiger partial charge in [-0.05, 0) is 46.6 Å². The Hall–Kier alpha value is -3.61. The summed E-state index contributed by atoms with van der Waals surface area (Å²) in [5.41, 5.74) is 2.30. The van der Waals surface area contributed by atoms with Crippen molar-refractivity contribution >= 4 is 23.2 Å². The van der Waals surface area contributed by atoms with E-state index in [0.29, 0.717) is 47.3 Å². The van der Waals surface area contributed by atoms with Crippen molar-refractivity contribution in [2.45, 2.75) is 52.2 Å². The van der Waals surface area contributed by atoms with Gasteiger partial charge in [-0.1, -0.05) is 0 Å². The van der Waals surface area contributed by atoms with E-state index in [9.17, 15) is 10.1 Å². The van der Waals surface area contributed by atoms with Crippen LogP contribution in [0, 0.1) is 11.3 Å². The number of aliphatic imine (C=N–C) groups is 1. The van der Waals surface area contributed by atoms with Gasteiger partial charge in [0.1, 0.15) is 28.7 Å². The highest BCUT2D eigenvalue weighted by atomic mass is 16.6. The molecule has 10 heteroatoms. The molecule has 2 N–H and O–H groups in total. The maximum absolute atomic E-state index is 12.3. The highest BCUT2D eigenvalue weighted by molar-refractivity contribution is 6.47. The van der Waals surface area contributed by atoms with Gasteiger partial charge >= 0.3 is 6.09 Å². The van der Waals surface area contributed by atoms with Crippen molar-refractivity contribution in [2.75, 3.05) is 20.2 Å². The summed E-state index contributed by atoms with van der Waals surface area (Å²) in [4.78, 5) is 23.1. The lowest BCUT2D eigenvalue weighted by atomic mass is 10.0. The first kappa shape index (κ1) is 23.1. The van der Waals surface area contributed by atoms with Crippen molar-refractivity contribution in [1.82, 2.24) is 14.3 Å². The third kappa shape index (κ3) is 4.99. The van der Waals surface area contributed by atoms with Gasteiger partial charge in [0.15, 0.2) is 0 Å². The summed E-state index contributed by atoms with van der Waals surface area (Å²) >= 11 is 0. The number of carbonyl (C=O) groups is 1. The van der Waals surface area contributed by atoms with E-state index in [1.165, 1.54) is 13.3 Å². The van der Waals surface area contributed by atoms with Crippen molar-refractivity contribution in [3.05, 3.63) is 29.6 Å². The Bertz CT molecular complexity index is 1100. The van der Waals surface area contributed by atoms with Gasteiger partial charge in [0.05, 0.1) is 25.1 Å². The lowest BCUT2D eigenvalue weighted by molar-refractivity contribution is 0.0207. The monoisotopic (exact) mass is 439 g/mol.